The van der Waals surface area contributed by atoms with Crippen molar-refractivity contribution in [1.82, 2.24) is 0 Å². The maximum atomic E-state index is 8.74. The van der Waals surface area contributed by atoms with Gasteiger partial charge in [-0.3, -0.25) is 0 Å². The smallest absolute Gasteiger partial charge is 0.512 e. The molecule has 6 heteroatoms. The van der Waals surface area contributed by atoms with Crippen LogP contribution in [0.4, 0.5) is 0 Å². The summed E-state index contributed by atoms with van der Waals surface area (Å²) < 4.78 is 15.8. The van der Waals surface area contributed by atoms with E-state index >= 15 is 0 Å². The molecule has 18 heavy (non-hydrogen) atoms. The Balaban J connectivity index is 2.81. The number of ether oxygens (including phenoxy) is 2. The normalized spacial score (nSPS) is 10.0. The standard InChI is InChI=1S/C12H19BO5/c1-3-7-16-11-6-5-10(18-13(14)15)9-12(11)17-8-4-2/h5-6,9,14-15H,3-4,7-8H2,1-2H3. The number of hydrogen-bond acceptors (Lipinski definition) is 5. The molecule has 0 atom stereocenters. The predicted octanol–water partition coefficient (Wildman–Crippen LogP) is 1.61. The molecule has 0 fully saturated rings. The summed E-state index contributed by atoms with van der Waals surface area (Å²) in [6.45, 7) is 5.19. The van der Waals surface area contributed by atoms with Gasteiger partial charge >= 0.3 is 7.32 Å². The molecule has 1 aromatic carbocycles. The Morgan fingerprint density at radius 2 is 1.61 bits per heavy atom. The zero-order valence-electron chi connectivity index (χ0n) is 10.8. The van der Waals surface area contributed by atoms with Crippen molar-refractivity contribution >= 4 is 7.32 Å². The first kappa shape index (κ1) is 14.7. The van der Waals surface area contributed by atoms with Gasteiger partial charge in [0.05, 0.1) is 13.2 Å². The van der Waals surface area contributed by atoms with E-state index in [1.807, 2.05) is 13.8 Å². The van der Waals surface area contributed by atoms with Crippen molar-refractivity contribution in [2.24, 2.45) is 0 Å². The zero-order valence-corrected chi connectivity index (χ0v) is 10.8. The molecule has 0 spiro atoms. The van der Waals surface area contributed by atoms with Crippen molar-refractivity contribution in [2.45, 2.75) is 26.7 Å². The summed E-state index contributed by atoms with van der Waals surface area (Å²) in [7, 11) is -1.84. The topological polar surface area (TPSA) is 68.2 Å². The summed E-state index contributed by atoms with van der Waals surface area (Å²) in [6, 6.07) is 4.88. The van der Waals surface area contributed by atoms with Crippen LogP contribution < -0.4 is 14.1 Å². The Kier molecular flexibility index (Phi) is 6.39. The van der Waals surface area contributed by atoms with E-state index in [1.165, 1.54) is 0 Å². The summed E-state index contributed by atoms with van der Waals surface area (Å²) in [6.07, 6.45) is 1.78. The van der Waals surface area contributed by atoms with E-state index in [1.54, 1.807) is 18.2 Å². The number of hydrogen-bond donors (Lipinski definition) is 2. The van der Waals surface area contributed by atoms with Crippen molar-refractivity contribution in [3.63, 3.8) is 0 Å². The fraction of sp³-hybridized carbons (Fsp3) is 0.500. The van der Waals surface area contributed by atoms with E-state index in [2.05, 4.69) is 0 Å². The van der Waals surface area contributed by atoms with Crippen LogP contribution in [0, 0.1) is 0 Å². The molecule has 5 nitrogen and oxygen atoms in total. The highest BCUT2D eigenvalue weighted by molar-refractivity contribution is 6.33. The molecule has 0 radical (unpaired) electrons. The van der Waals surface area contributed by atoms with Crippen LogP contribution in [-0.2, 0) is 0 Å². The molecule has 0 aliphatic carbocycles. The Morgan fingerprint density at radius 3 is 2.17 bits per heavy atom. The predicted molar refractivity (Wildman–Crippen MR) is 68.8 cm³/mol. The van der Waals surface area contributed by atoms with E-state index in [0.717, 1.165) is 12.8 Å². The van der Waals surface area contributed by atoms with Gasteiger partial charge in [0.1, 0.15) is 5.75 Å². The lowest BCUT2D eigenvalue weighted by molar-refractivity contribution is 0.264. The minimum Gasteiger partial charge on any atom is -0.512 e. The molecule has 0 unspecified atom stereocenters. The van der Waals surface area contributed by atoms with Crippen LogP contribution in [0.15, 0.2) is 18.2 Å². The summed E-state index contributed by atoms with van der Waals surface area (Å²) in [5, 5.41) is 17.5. The van der Waals surface area contributed by atoms with Crippen LogP contribution in [0.2, 0.25) is 0 Å². The van der Waals surface area contributed by atoms with Gasteiger partial charge in [0.25, 0.3) is 0 Å². The Labute approximate surface area is 107 Å². The molecule has 0 aromatic heterocycles. The molecule has 0 aliphatic heterocycles. The van der Waals surface area contributed by atoms with Crippen molar-refractivity contribution in [3.05, 3.63) is 18.2 Å². The van der Waals surface area contributed by atoms with Gasteiger partial charge in [0.15, 0.2) is 11.5 Å². The SMILES string of the molecule is CCCOc1ccc(OB(O)O)cc1OCCC. The van der Waals surface area contributed by atoms with Crippen LogP contribution in [0.25, 0.3) is 0 Å². The van der Waals surface area contributed by atoms with Crippen LogP contribution >= 0.6 is 0 Å². The second-order valence-electron chi connectivity index (χ2n) is 3.75. The van der Waals surface area contributed by atoms with E-state index in [4.69, 9.17) is 24.2 Å². The van der Waals surface area contributed by atoms with Gasteiger partial charge in [-0.15, -0.1) is 0 Å². The molecule has 1 aromatic rings. The van der Waals surface area contributed by atoms with Gasteiger partial charge in [-0.05, 0) is 25.0 Å². The maximum absolute atomic E-state index is 8.74. The van der Waals surface area contributed by atoms with Gasteiger partial charge in [0, 0.05) is 6.07 Å². The Hall–Kier alpha value is -1.40. The summed E-state index contributed by atoms with van der Waals surface area (Å²) in [5.41, 5.74) is 0. The summed E-state index contributed by atoms with van der Waals surface area (Å²) in [4.78, 5) is 0. The third-order valence-corrected chi connectivity index (χ3v) is 2.08. The average molecular weight is 254 g/mol. The highest BCUT2D eigenvalue weighted by Gasteiger charge is 2.14. The fourth-order valence-corrected chi connectivity index (χ4v) is 1.34. The molecular formula is C12H19BO5. The maximum Gasteiger partial charge on any atom is 0.707 e. The lowest BCUT2D eigenvalue weighted by atomic mass is 10.2. The molecule has 0 bridgehead atoms. The fourth-order valence-electron chi connectivity index (χ4n) is 1.34. The van der Waals surface area contributed by atoms with Crippen LogP contribution in [0.1, 0.15) is 26.7 Å². The van der Waals surface area contributed by atoms with Crippen LogP contribution in [0.5, 0.6) is 17.2 Å². The third-order valence-electron chi connectivity index (χ3n) is 2.08. The lowest BCUT2D eigenvalue weighted by Crippen LogP contribution is -2.20. The first-order valence-corrected chi connectivity index (χ1v) is 6.09. The van der Waals surface area contributed by atoms with Gasteiger partial charge in [-0.2, -0.15) is 0 Å². The minimum atomic E-state index is -1.84. The van der Waals surface area contributed by atoms with Gasteiger partial charge in [0.2, 0.25) is 0 Å². The van der Waals surface area contributed by atoms with E-state index in [9.17, 15) is 0 Å². The van der Waals surface area contributed by atoms with Gasteiger partial charge in [-0.1, -0.05) is 13.8 Å². The van der Waals surface area contributed by atoms with Crippen molar-refractivity contribution < 1.29 is 24.2 Å². The highest BCUT2D eigenvalue weighted by atomic mass is 16.6. The first-order valence-electron chi connectivity index (χ1n) is 6.09. The molecule has 0 heterocycles. The molecule has 0 saturated carbocycles. The Bertz CT molecular complexity index is 356. The third kappa shape index (κ3) is 4.85. The summed E-state index contributed by atoms with van der Waals surface area (Å²) in [5.74, 6) is 1.49. The van der Waals surface area contributed by atoms with Crippen molar-refractivity contribution in [1.29, 1.82) is 0 Å². The number of benzene rings is 1. The molecule has 0 amide bonds. The van der Waals surface area contributed by atoms with Gasteiger partial charge in [-0.25, -0.2) is 0 Å². The second kappa shape index (κ2) is 7.84. The second-order valence-corrected chi connectivity index (χ2v) is 3.75. The molecule has 1 rings (SSSR count). The van der Waals surface area contributed by atoms with Crippen molar-refractivity contribution in [2.75, 3.05) is 13.2 Å². The van der Waals surface area contributed by atoms with E-state index in [0.29, 0.717) is 30.5 Å². The lowest BCUT2D eigenvalue weighted by Gasteiger charge is -2.14. The minimum absolute atomic E-state index is 0.319. The molecule has 2 N–H and O–H groups in total. The molecular weight excluding hydrogens is 235 g/mol. The van der Waals surface area contributed by atoms with Crippen LogP contribution in [-0.4, -0.2) is 30.6 Å². The first-order chi connectivity index (χ1) is 8.67. The molecule has 0 saturated heterocycles. The quantitative estimate of drug-likeness (QED) is 0.690. The van der Waals surface area contributed by atoms with Crippen LogP contribution in [0.3, 0.4) is 0 Å². The molecule has 100 valence electrons. The zero-order chi connectivity index (χ0) is 13.4. The van der Waals surface area contributed by atoms with E-state index in [-0.39, 0.29) is 0 Å². The van der Waals surface area contributed by atoms with E-state index < -0.39 is 7.32 Å². The average Bonchev–Trinajstić information content (AvgIpc) is 2.34. The highest BCUT2D eigenvalue weighted by Crippen LogP contribution is 2.32. The van der Waals surface area contributed by atoms with Crippen molar-refractivity contribution in [3.8, 4) is 17.2 Å². The number of rotatable bonds is 8. The summed E-state index contributed by atoms with van der Waals surface area (Å²) >= 11 is 0. The van der Waals surface area contributed by atoms with Gasteiger partial charge < -0.3 is 24.2 Å². The monoisotopic (exact) mass is 254 g/mol. The Morgan fingerprint density at radius 1 is 1.00 bits per heavy atom. The molecule has 0 aliphatic rings. The largest absolute Gasteiger partial charge is 0.707 e.